The van der Waals surface area contributed by atoms with Gasteiger partial charge in [-0.25, -0.2) is 0 Å². The Hall–Kier alpha value is -3.31. The van der Waals surface area contributed by atoms with Crippen LogP contribution in [0.1, 0.15) is 30.4 Å². The van der Waals surface area contributed by atoms with Gasteiger partial charge in [0.1, 0.15) is 18.5 Å². The van der Waals surface area contributed by atoms with Crippen LogP contribution in [0.2, 0.25) is 0 Å². The summed E-state index contributed by atoms with van der Waals surface area (Å²) < 4.78 is 49.7. The molecule has 0 radical (unpaired) electrons. The predicted octanol–water partition coefficient (Wildman–Crippen LogP) is 2.69. The molecule has 1 N–H and O–H groups in total. The van der Waals surface area contributed by atoms with Crippen LogP contribution in [0.5, 0.6) is 17.2 Å². The normalized spacial score (nSPS) is 21.4. The molecule has 3 heterocycles. The molecular weight excluding hydrogens is 482 g/mol. The van der Waals surface area contributed by atoms with Gasteiger partial charge < -0.3 is 19.5 Å². The third kappa shape index (κ3) is 5.90. The van der Waals surface area contributed by atoms with E-state index >= 15 is 0 Å². The minimum atomic E-state index is -4.09. The van der Waals surface area contributed by atoms with Crippen LogP contribution in [0.25, 0.3) is 0 Å². The molecule has 3 aliphatic heterocycles. The summed E-state index contributed by atoms with van der Waals surface area (Å²) in [4.78, 5) is 3.92. The number of ether oxygens (including phenoxy) is 3. The molecule has 36 heavy (non-hydrogen) atoms. The number of nitrogens with one attached hydrogen (secondary N) is 1. The zero-order valence-electron chi connectivity index (χ0n) is 20.5. The van der Waals surface area contributed by atoms with Crippen molar-refractivity contribution < 1.29 is 22.6 Å². The first-order valence-corrected chi connectivity index (χ1v) is 13.6. The first-order chi connectivity index (χ1) is 17.3. The van der Waals surface area contributed by atoms with Gasteiger partial charge in [-0.05, 0) is 62.7 Å². The molecule has 1 fully saturated rings. The highest BCUT2D eigenvalue weighted by Gasteiger charge is 2.29. The van der Waals surface area contributed by atoms with E-state index in [1.165, 1.54) is 29.7 Å². The lowest BCUT2D eigenvalue weighted by molar-refractivity contribution is 0.0930. The fraction of sp³-hybridized carbons (Fsp3) is 0.440. The highest BCUT2D eigenvalue weighted by molar-refractivity contribution is 7.89. The van der Waals surface area contributed by atoms with Gasteiger partial charge in [0, 0.05) is 13.6 Å². The van der Waals surface area contributed by atoms with Crippen molar-refractivity contribution >= 4 is 22.2 Å². The van der Waals surface area contributed by atoms with Gasteiger partial charge in [0.2, 0.25) is 5.96 Å². The second-order valence-corrected chi connectivity index (χ2v) is 10.5. The van der Waals surface area contributed by atoms with E-state index in [2.05, 4.69) is 25.1 Å². The van der Waals surface area contributed by atoms with Gasteiger partial charge in [0.15, 0.2) is 11.5 Å². The number of benzene rings is 2. The number of hydrogen-bond donors (Lipinski definition) is 1. The summed E-state index contributed by atoms with van der Waals surface area (Å²) in [5.41, 5.74) is 2.27. The number of piperidine rings is 1. The molecule has 1 atom stereocenters. The molecule has 5 rings (SSSR count). The third-order valence-electron chi connectivity index (χ3n) is 6.30. The molecule has 10 nitrogen and oxygen atoms in total. The number of amidine groups is 1. The second-order valence-electron chi connectivity index (χ2n) is 9.26. The summed E-state index contributed by atoms with van der Waals surface area (Å²) >= 11 is 0. The fourth-order valence-corrected chi connectivity index (χ4v) is 5.13. The maximum atomic E-state index is 12.3. The first-order valence-electron chi connectivity index (χ1n) is 12.2. The van der Waals surface area contributed by atoms with Gasteiger partial charge in [-0.2, -0.15) is 8.42 Å². The Balaban J connectivity index is 1.19. The van der Waals surface area contributed by atoms with Crippen LogP contribution in [0, 0.1) is 6.92 Å². The summed E-state index contributed by atoms with van der Waals surface area (Å²) in [6.07, 6.45) is 3.50. The minimum Gasteiger partial charge on any atom is -0.486 e. The number of fused-ring (bicyclic) bond motifs is 1. The Morgan fingerprint density at radius 2 is 1.83 bits per heavy atom. The molecule has 3 aliphatic rings. The van der Waals surface area contributed by atoms with Crippen molar-refractivity contribution in [1.29, 1.82) is 0 Å². The zero-order valence-corrected chi connectivity index (χ0v) is 21.3. The molecular formula is C25H31N5O5S. The molecule has 0 amide bonds. The summed E-state index contributed by atoms with van der Waals surface area (Å²) in [6, 6.07) is 13.2. The van der Waals surface area contributed by atoms with Gasteiger partial charge >= 0.3 is 16.2 Å². The Kier molecular flexibility index (Phi) is 7.01. The maximum Gasteiger partial charge on any atom is 0.370 e. The van der Waals surface area contributed by atoms with Crippen molar-refractivity contribution in [3.8, 4) is 17.2 Å². The predicted molar refractivity (Wildman–Crippen MR) is 137 cm³/mol. The summed E-state index contributed by atoms with van der Waals surface area (Å²) in [5.74, 6) is 1.98. The first kappa shape index (κ1) is 24.4. The minimum absolute atomic E-state index is 0.0938. The van der Waals surface area contributed by atoms with Crippen LogP contribution >= 0.6 is 0 Å². The van der Waals surface area contributed by atoms with Crippen molar-refractivity contribution in [1.82, 2.24) is 15.1 Å². The van der Waals surface area contributed by atoms with E-state index < -0.39 is 10.2 Å². The molecule has 0 aromatic heterocycles. The lowest BCUT2D eigenvalue weighted by Crippen LogP contribution is -2.50. The fourth-order valence-electron chi connectivity index (χ4n) is 4.33. The molecule has 0 aliphatic carbocycles. The third-order valence-corrected chi connectivity index (χ3v) is 7.09. The van der Waals surface area contributed by atoms with Crippen molar-refractivity contribution in [2.75, 3.05) is 33.3 Å². The Labute approximate surface area is 211 Å². The van der Waals surface area contributed by atoms with E-state index in [1.54, 1.807) is 19.2 Å². The van der Waals surface area contributed by atoms with E-state index in [0.29, 0.717) is 18.1 Å². The van der Waals surface area contributed by atoms with Gasteiger partial charge in [-0.3, -0.25) is 9.80 Å². The lowest BCUT2D eigenvalue weighted by atomic mass is 10.1. The molecule has 11 heteroatoms. The number of rotatable bonds is 5. The van der Waals surface area contributed by atoms with Crippen molar-refractivity contribution in [2.45, 2.75) is 38.8 Å². The van der Waals surface area contributed by atoms with Crippen molar-refractivity contribution in [3.63, 3.8) is 0 Å². The van der Waals surface area contributed by atoms with E-state index in [1.807, 2.05) is 31.2 Å². The van der Waals surface area contributed by atoms with Crippen LogP contribution in [-0.4, -0.2) is 69.6 Å². The molecule has 192 valence electrons. The average molecular weight is 514 g/mol. The molecule has 0 saturated carbocycles. The molecule has 0 spiro atoms. The number of aryl methyl sites for hydroxylation is 1. The number of nitrogens with zero attached hydrogens (tertiary/aromatic N) is 4. The van der Waals surface area contributed by atoms with Crippen LogP contribution in [-0.2, 0) is 16.8 Å². The summed E-state index contributed by atoms with van der Waals surface area (Å²) in [7, 11) is -2.46. The standard InChI is InChI=1S/C25H31N5O5S/c1-18-6-9-20(10-7-18)35-25-28-36(31,32)27-24(29(25)2)26-15-21-17-33-23-14-19(8-11-22(23)34-21)16-30-12-4-3-5-13-30/h6-11,14,21H,3-5,12-13,15-17H2,1-2H3,(H,26,27). The number of hydrogen-bond acceptors (Lipinski definition) is 8. The second kappa shape index (κ2) is 10.4. The Morgan fingerprint density at radius 3 is 2.61 bits per heavy atom. The maximum absolute atomic E-state index is 12.3. The van der Waals surface area contributed by atoms with Crippen LogP contribution in [0.3, 0.4) is 0 Å². The quantitative estimate of drug-likeness (QED) is 0.651. The topological polar surface area (TPSA) is 105 Å². The summed E-state index contributed by atoms with van der Waals surface area (Å²) in [6.45, 7) is 5.76. The van der Waals surface area contributed by atoms with Crippen LogP contribution in [0.15, 0.2) is 51.3 Å². The Morgan fingerprint density at radius 1 is 1.06 bits per heavy atom. The van der Waals surface area contributed by atoms with Gasteiger partial charge in [-0.15, -0.1) is 4.40 Å². The number of likely N-dealkylation sites (tertiary alicyclic amines) is 1. The van der Waals surface area contributed by atoms with E-state index in [4.69, 9.17) is 14.2 Å². The van der Waals surface area contributed by atoms with Crippen molar-refractivity contribution in [3.05, 3.63) is 53.6 Å². The van der Waals surface area contributed by atoms with Crippen molar-refractivity contribution in [2.24, 2.45) is 8.80 Å². The highest BCUT2D eigenvalue weighted by Crippen LogP contribution is 2.33. The summed E-state index contributed by atoms with van der Waals surface area (Å²) in [5, 5.41) is 3.04. The van der Waals surface area contributed by atoms with Gasteiger partial charge in [-0.1, -0.05) is 34.6 Å². The molecule has 1 unspecified atom stereocenters. The SMILES string of the molecule is Cc1ccc(OC2=NS(=O)(=O)N=C(NCC3COc4cc(CN5CCCCC5)ccc4O3)N2C)cc1. The van der Waals surface area contributed by atoms with E-state index in [0.717, 1.165) is 30.9 Å². The van der Waals surface area contributed by atoms with Gasteiger partial charge in [0.25, 0.3) is 0 Å². The van der Waals surface area contributed by atoms with Crippen LogP contribution in [0.4, 0.5) is 0 Å². The molecule has 1 saturated heterocycles. The molecule has 0 bridgehead atoms. The van der Waals surface area contributed by atoms with Gasteiger partial charge in [0.05, 0.1) is 6.54 Å². The zero-order chi connectivity index (χ0) is 25.1. The smallest absolute Gasteiger partial charge is 0.370 e. The largest absolute Gasteiger partial charge is 0.486 e. The number of guanidine groups is 1. The van der Waals surface area contributed by atoms with E-state index in [-0.39, 0.29) is 24.6 Å². The Bertz CT molecular complexity index is 1260. The monoisotopic (exact) mass is 513 g/mol. The molecule has 2 aromatic rings. The molecule has 2 aromatic carbocycles. The average Bonchev–Trinajstić information content (AvgIpc) is 2.87. The van der Waals surface area contributed by atoms with E-state index in [9.17, 15) is 8.42 Å². The highest BCUT2D eigenvalue weighted by atomic mass is 32.2. The lowest BCUT2D eigenvalue weighted by Gasteiger charge is -2.30. The van der Waals surface area contributed by atoms with Crippen LogP contribution < -0.4 is 19.5 Å².